The van der Waals surface area contributed by atoms with Gasteiger partial charge in [-0.15, -0.1) is 8.58 Å². The Labute approximate surface area is 230 Å². The first-order valence-electron chi connectivity index (χ1n) is 15.2. The highest BCUT2D eigenvalue weighted by molar-refractivity contribution is 7.37. The molecular weight excluding hydrogens is 463 g/mol. The molecule has 0 N–H and O–H groups in total. The minimum Gasteiger partial charge on any atom is -0.122 e. The van der Waals surface area contributed by atoms with Gasteiger partial charge in [0.25, 0.3) is 0 Å². The van der Waals surface area contributed by atoms with Crippen molar-refractivity contribution >= 4 is 8.58 Å². The van der Waals surface area contributed by atoms with E-state index >= 15 is 0 Å². The first kappa shape index (κ1) is 29.6. The second kappa shape index (κ2) is 18.4. The van der Waals surface area contributed by atoms with Gasteiger partial charge in [-0.3, -0.25) is 0 Å². The summed E-state index contributed by atoms with van der Waals surface area (Å²) in [7, 11) is 1.05. The summed E-state index contributed by atoms with van der Waals surface area (Å²) in [6.45, 7) is 2.30. The van der Waals surface area contributed by atoms with Gasteiger partial charge in [-0.05, 0) is 41.9 Å². The van der Waals surface area contributed by atoms with Crippen molar-refractivity contribution in [3.63, 3.8) is 0 Å². The third-order valence-electron chi connectivity index (χ3n) is 7.93. The molecule has 37 heavy (non-hydrogen) atoms. The molecule has 0 nitrogen and oxygen atoms in total. The summed E-state index contributed by atoms with van der Waals surface area (Å²) >= 11 is 0. The maximum Gasteiger partial charge on any atom is 0.0454 e. The monoisotopic (exact) mass is 514 g/mol. The molecule has 3 aromatic carbocycles. The molecule has 0 amide bonds. The molecule has 0 saturated heterocycles. The van der Waals surface area contributed by atoms with Crippen molar-refractivity contribution in [3.05, 3.63) is 108 Å². The summed E-state index contributed by atoms with van der Waals surface area (Å²) in [6, 6.07) is 33.6. The number of hydrogen-bond acceptors (Lipinski definition) is 0. The number of rotatable bonds is 20. The fourth-order valence-electron chi connectivity index (χ4n) is 5.77. The molecule has 0 saturated carbocycles. The Hall–Kier alpha value is -1.91. The van der Waals surface area contributed by atoms with Crippen molar-refractivity contribution < 1.29 is 0 Å². The van der Waals surface area contributed by atoms with E-state index < -0.39 is 0 Å². The molecule has 3 aromatic rings. The van der Waals surface area contributed by atoms with Gasteiger partial charge >= 0.3 is 0 Å². The third kappa shape index (κ3) is 10.1. The van der Waals surface area contributed by atoms with Gasteiger partial charge < -0.3 is 0 Å². The van der Waals surface area contributed by atoms with Gasteiger partial charge in [0, 0.05) is 5.41 Å². The van der Waals surface area contributed by atoms with Crippen LogP contribution in [-0.4, -0.2) is 12.3 Å². The van der Waals surface area contributed by atoms with Crippen LogP contribution < -0.4 is 0 Å². The van der Waals surface area contributed by atoms with E-state index in [4.69, 9.17) is 0 Å². The molecule has 0 spiro atoms. The predicted octanol–water partition coefficient (Wildman–Crippen LogP) is 11.2. The van der Waals surface area contributed by atoms with Crippen LogP contribution in [0.25, 0.3) is 0 Å². The van der Waals surface area contributed by atoms with Crippen molar-refractivity contribution in [3.8, 4) is 0 Å². The Morgan fingerprint density at radius 1 is 0.432 bits per heavy atom. The summed E-state index contributed by atoms with van der Waals surface area (Å²) < 4.78 is 0. The van der Waals surface area contributed by atoms with Gasteiger partial charge in [0.2, 0.25) is 0 Å². The zero-order valence-electron chi connectivity index (χ0n) is 23.5. The Bertz CT molecular complexity index is 822. The molecule has 1 unspecified atom stereocenters. The lowest BCUT2D eigenvalue weighted by Crippen LogP contribution is -2.30. The van der Waals surface area contributed by atoms with Gasteiger partial charge in [0.05, 0.1) is 0 Å². The van der Waals surface area contributed by atoms with Gasteiger partial charge in [-0.2, -0.15) is 0 Å². The van der Waals surface area contributed by atoms with E-state index in [1.165, 1.54) is 119 Å². The second-order valence-electron chi connectivity index (χ2n) is 10.7. The zero-order valence-corrected chi connectivity index (χ0v) is 24.5. The van der Waals surface area contributed by atoms with E-state index in [1.807, 2.05) is 0 Å². The highest BCUT2D eigenvalue weighted by atomic mass is 31.1. The second-order valence-corrected chi connectivity index (χ2v) is 12.2. The fraction of sp³-hybridized carbons (Fsp3) is 0.500. The number of hydrogen-bond donors (Lipinski definition) is 0. The summed E-state index contributed by atoms with van der Waals surface area (Å²) in [5.74, 6) is 0. The average molecular weight is 515 g/mol. The molecular formula is C36H51P. The van der Waals surface area contributed by atoms with Gasteiger partial charge in [0.15, 0.2) is 0 Å². The maximum absolute atomic E-state index is 2.33. The van der Waals surface area contributed by atoms with E-state index in [0.717, 1.165) is 8.58 Å². The quantitative estimate of drug-likeness (QED) is 0.0799. The Morgan fingerprint density at radius 2 is 0.784 bits per heavy atom. The molecule has 0 aliphatic rings. The molecule has 0 fully saturated rings. The van der Waals surface area contributed by atoms with Crippen LogP contribution in [0.1, 0.15) is 114 Å². The van der Waals surface area contributed by atoms with E-state index in [2.05, 4.69) is 97.9 Å². The molecule has 0 aromatic heterocycles. The van der Waals surface area contributed by atoms with Crippen molar-refractivity contribution in [2.45, 2.75) is 102 Å². The Balaban J connectivity index is 1.41. The number of benzene rings is 3. The molecule has 0 aliphatic carbocycles. The predicted molar refractivity (Wildman–Crippen MR) is 168 cm³/mol. The highest BCUT2D eigenvalue weighted by Crippen LogP contribution is 2.43. The minimum atomic E-state index is -0.0766. The van der Waals surface area contributed by atoms with Crippen LogP contribution in [0.5, 0.6) is 0 Å². The van der Waals surface area contributed by atoms with E-state index in [-0.39, 0.29) is 5.41 Å². The zero-order chi connectivity index (χ0) is 25.9. The van der Waals surface area contributed by atoms with Crippen LogP contribution in [0.2, 0.25) is 0 Å². The SMILES string of the molecule is CCCCCCCCCCCCCCCPCCC(c1ccccc1)(c1ccccc1)c1ccccc1. The minimum absolute atomic E-state index is 0.0766. The normalized spacial score (nSPS) is 11.9. The van der Waals surface area contributed by atoms with Crippen molar-refractivity contribution in [1.82, 2.24) is 0 Å². The third-order valence-corrected chi connectivity index (χ3v) is 9.24. The summed E-state index contributed by atoms with van der Waals surface area (Å²) in [5.41, 5.74) is 4.17. The first-order chi connectivity index (χ1) is 18.4. The molecule has 200 valence electrons. The summed E-state index contributed by atoms with van der Waals surface area (Å²) in [4.78, 5) is 0. The average Bonchev–Trinajstić information content (AvgIpc) is 2.96. The van der Waals surface area contributed by atoms with E-state index in [1.54, 1.807) is 0 Å². The smallest absolute Gasteiger partial charge is 0.0454 e. The fourth-order valence-corrected chi connectivity index (χ4v) is 7.07. The largest absolute Gasteiger partial charge is 0.122 e. The van der Waals surface area contributed by atoms with Crippen LogP contribution in [0.4, 0.5) is 0 Å². The first-order valence-corrected chi connectivity index (χ1v) is 16.7. The topological polar surface area (TPSA) is 0 Å². The molecule has 0 heterocycles. The van der Waals surface area contributed by atoms with Gasteiger partial charge in [-0.25, -0.2) is 0 Å². The lowest BCUT2D eigenvalue weighted by Gasteiger charge is -2.36. The van der Waals surface area contributed by atoms with Crippen molar-refractivity contribution in [2.24, 2.45) is 0 Å². The molecule has 0 radical (unpaired) electrons. The van der Waals surface area contributed by atoms with Gasteiger partial charge in [-0.1, -0.05) is 175 Å². The summed E-state index contributed by atoms with van der Waals surface area (Å²) in [5, 5.41) is 0. The van der Waals surface area contributed by atoms with Crippen LogP contribution in [0.3, 0.4) is 0 Å². The molecule has 0 aliphatic heterocycles. The standard InChI is InChI=1S/C36H51P/c1-2-3-4-5-6-7-8-9-10-11-12-13-23-31-37-32-30-36(33-24-17-14-18-25-33,34-26-19-15-20-27-34)35-28-21-16-22-29-35/h14-22,24-29,37H,2-13,23,30-32H2,1H3. The van der Waals surface area contributed by atoms with E-state index in [0.29, 0.717) is 0 Å². The van der Waals surface area contributed by atoms with Crippen molar-refractivity contribution in [1.29, 1.82) is 0 Å². The highest BCUT2D eigenvalue weighted by Gasteiger charge is 2.35. The van der Waals surface area contributed by atoms with Gasteiger partial charge in [0.1, 0.15) is 0 Å². The molecule has 0 bridgehead atoms. The Morgan fingerprint density at radius 3 is 1.16 bits per heavy atom. The number of unbranched alkanes of at least 4 members (excludes halogenated alkanes) is 12. The molecule has 1 heteroatoms. The molecule has 3 rings (SSSR count). The summed E-state index contributed by atoms with van der Waals surface area (Å²) in [6.07, 6.45) is 22.5. The van der Waals surface area contributed by atoms with Crippen LogP contribution in [0, 0.1) is 0 Å². The molecule has 1 atom stereocenters. The van der Waals surface area contributed by atoms with Crippen molar-refractivity contribution in [2.75, 3.05) is 12.3 Å². The lowest BCUT2D eigenvalue weighted by molar-refractivity contribution is 0.543. The van der Waals surface area contributed by atoms with Crippen LogP contribution in [0.15, 0.2) is 91.0 Å². The Kier molecular flexibility index (Phi) is 14.7. The maximum atomic E-state index is 2.33. The lowest BCUT2D eigenvalue weighted by atomic mass is 9.68. The van der Waals surface area contributed by atoms with Crippen LogP contribution >= 0.6 is 8.58 Å². The van der Waals surface area contributed by atoms with E-state index in [9.17, 15) is 0 Å². The van der Waals surface area contributed by atoms with Crippen LogP contribution in [-0.2, 0) is 5.41 Å².